The second-order valence-electron chi connectivity index (χ2n) is 11.9. The number of nitrogens with zero attached hydrogens (tertiary/aromatic N) is 1. The molecule has 0 saturated heterocycles. The Balaban J connectivity index is 0.971. The first-order chi connectivity index (χ1) is 22.2. The van der Waals surface area contributed by atoms with E-state index in [1.807, 2.05) is 18.2 Å². The SMILES string of the molecule is C1=CC2NC(c3ccc(-c4ccc5cc(-c6ccc7oc8cc9c(cc8c7c6)oc6ccccc69)ccc5c4)cc3)=CN2C=C1. The van der Waals surface area contributed by atoms with E-state index >= 15 is 0 Å². The second kappa shape index (κ2) is 9.25. The molecule has 0 amide bonds. The average molecular weight is 579 g/mol. The van der Waals surface area contributed by atoms with Gasteiger partial charge in [-0.2, -0.15) is 0 Å². The smallest absolute Gasteiger partial charge is 0.136 e. The van der Waals surface area contributed by atoms with Gasteiger partial charge in [-0.1, -0.05) is 78.9 Å². The molecule has 1 unspecified atom stereocenters. The molecule has 0 saturated carbocycles. The quantitative estimate of drug-likeness (QED) is 0.226. The third-order valence-corrected chi connectivity index (χ3v) is 9.24. The number of furan rings is 2. The summed E-state index contributed by atoms with van der Waals surface area (Å²) in [5, 5.41) is 10.4. The van der Waals surface area contributed by atoms with Gasteiger partial charge in [0.1, 0.15) is 28.5 Å². The second-order valence-corrected chi connectivity index (χ2v) is 11.9. The van der Waals surface area contributed by atoms with E-state index in [1.54, 1.807) is 0 Å². The summed E-state index contributed by atoms with van der Waals surface area (Å²) in [6.07, 6.45) is 10.8. The Labute approximate surface area is 258 Å². The molecule has 4 heteroatoms. The molecule has 8 aromatic rings. The number of allylic oxidation sites excluding steroid dienone is 2. The molecular formula is C41H26N2O2. The third kappa shape index (κ3) is 3.86. The van der Waals surface area contributed by atoms with Crippen molar-refractivity contribution in [2.45, 2.75) is 6.17 Å². The summed E-state index contributed by atoms with van der Waals surface area (Å²) in [6, 6.07) is 41.1. The molecule has 0 bridgehead atoms. The highest BCUT2D eigenvalue weighted by molar-refractivity contribution is 6.15. The number of rotatable bonds is 3. The Morgan fingerprint density at radius 2 is 1.09 bits per heavy atom. The standard InChI is InChI=1S/C41H26N2O2/c1-2-6-37-32(5-1)34-22-40-35(23-39(34)44-37)33-21-31(16-17-38(33)45-40)30-15-14-28-19-27(12-13-29(28)20-30)25-8-10-26(11-9-25)36-24-43-18-4-3-7-41(43)42-36/h1-24,41-42H. The van der Waals surface area contributed by atoms with Crippen molar-refractivity contribution in [2.75, 3.05) is 0 Å². The summed E-state index contributed by atoms with van der Waals surface area (Å²) in [5.74, 6) is 0. The molecule has 0 spiro atoms. The van der Waals surface area contributed by atoms with E-state index in [2.05, 4.69) is 138 Å². The van der Waals surface area contributed by atoms with E-state index in [0.29, 0.717) is 0 Å². The molecule has 2 aliphatic heterocycles. The molecule has 4 heterocycles. The number of hydrogen-bond donors (Lipinski definition) is 1. The van der Waals surface area contributed by atoms with Gasteiger partial charge in [-0.25, -0.2) is 0 Å². The van der Waals surface area contributed by atoms with Crippen molar-refractivity contribution in [1.29, 1.82) is 0 Å². The lowest BCUT2D eigenvalue weighted by atomic mass is 9.96. The molecule has 2 aliphatic rings. The van der Waals surface area contributed by atoms with E-state index in [1.165, 1.54) is 33.0 Å². The van der Waals surface area contributed by atoms with Crippen LogP contribution in [0.4, 0.5) is 0 Å². The minimum absolute atomic E-state index is 0.199. The molecule has 0 aliphatic carbocycles. The summed E-state index contributed by atoms with van der Waals surface area (Å²) < 4.78 is 12.5. The van der Waals surface area contributed by atoms with Crippen molar-refractivity contribution in [2.24, 2.45) is 0 Å². The van der Waals surface area contributed by atoms with Gasteiger partial charge in [-0.3, -0.25) is 0 Å². The molecule has 0 fully saturated rings. The van der Waals surface area contributed by atoms with E-state index in [-0.39, 0.29) is 6.17 Å². The maximum absolute atomic E-state index is 6.30. The highest BCUT2D eigenvalue weighted by Gasteiger charge is 2.21. The molecule has 6 aromatic carbocycles. The highest BCUT2D eigenvalue weighted by atomic mass is 16.3. The molecule has 1 atom stereocenters. The van der Waals surface area contributed by atoms with E-state index in [4.69, 9.17) is 8.83 Å². The van der Waals surface area contributed by atoms with Crippen molar-refractivity contribution in [3.05, 3.63) is 151 Å². The number of fused-ring (bicyclic) bond motifs is 8. The lowest BCUT2D eigenvalue weighted by Crippen LogP contribution is -2.31. The third-order valence-electron chi connectivity index (χ3n) is 9.24. The van der Waals surface area contributed by atoms with Crippen molar-refractivity contribution in [3.63, 3.8) is 0 Å². The zero-order chi connectivity index (χ0) is 29.5. The molecule has 10 rings (SSSR count). The Morgan fingerprint density at radius 1 is 0.489 bits per heavy atom. The fourth-order valence-corrected chi connectivity index (χ4v) is 6.88. The number of nitrogens with one attached hydrogen (secondary N) is 1. The van der Waals surface area contributed by atoms with Crippen LogP contribution in [0.1, 0.15) is 5.56 Å². The minimum Gasteiger partial charge on any atom is -0.456 e. The van der Waals surface area contributed by atoms with Crippen LogP contribution in [0.25, 0.3) is 82.6 Å². The molecule has 1 N–H and O–H groups in total. The van der Waals surface area contributed by atoms with Gasteiger partial charge in [0, 0.05) is 33.9 Å². The molecule has 212 valence electrons. The highest BCUT2D eigenvalue weighted by Crippen LogP contribution is 2.38. The number of para-hydroxylation sites is 1. The summed E-state index contributed by atoms with van der Waals surface area (Å²) in [6.45, 7) is 0. The van der Waals surface area contributed by atoms with E-state index < -0.39 is 0 Å². The molecule has 0 radical (unpaired) electrons. The van der Waals surface area contributed by atoms with Gasteiger partial charge in [0.15, 0.2) is 0 Å². The summed E-state index contributed by atoms with van der Waals surface area (Å²) in [4.78, 5) is 2.19. The minimum atomic E-state index is 0.199. The van der Waals surface area contributed by atoms with Crippen LogP contribution in [0.3, 0.4) is 0 Å². The van der Waals surface area contributed by atoms with E-state index in [9.17, 15) is 0 Å². The number of benzene rings is 6. The molecule has 45 heavy (non-hydrogen) atoms. The van der Waals surface area contributed by atoms with Crippen LogP contribution in [-0.4, -0.2) is 11.1 Å². The predicted octanol–water partition coefficient (Wildman–Crippen LogP) is 10.6. The van der Waals surface area contributed by atoms with Crippen LogP contribution in [-0.2, 0) is 0 Å². The van der Waals surface area contributed by atoms with Crippen molar-refractivity contribution >= 4 is 60.3 Å². The van der Waals surface area contributed by atoms with Crippen molar-refractivity contribution in [1.82, 2.24) is 10.2 Å². The Kier molecular flexibility index (Phi) is 5.02. The Bertz CT molecular complexity index is 2580. The molecule has 2 aromatic heterocycles. The first-order valence-electron chi connectivity index (χ1n) is 15.3. The van der Waals surface area contributed by atoms with Crippen molar-refractivity contribution < 1.29 is 8.83 Å². The Hall–Kier alpha value is -6.00. The van der Waals surface area contributed by atoms with Gasteiger partial charge in [-0.15, -0.1) is 0 Å². The van der Waals surface area contributed by atoms with Gasteiger partial charge in [-0.05, 0) is 93.2 Å². The zero-order valence-corrected chi connectivity index (χ0v) is 24.2. The van der Waals surface area contributed by atoms with Crippen LogP contribution in [0.5, 0.6) is 0 Å². The Morgan fingerprint density at radius 3 is 1.87 bits per heavy atom. The van der Waals surface area contributed by atoms with Crippen LogP contribution >= 0.6 is 0 Å². The van der Waals surface area contributed by atoms with Crippen molar-refractivity contribution in [3.8, 4) is 22.3 Å². The largest absolute Gasteiger partial charge is 0.456 e. The monoisotopic (exact) mass is 578 g/mol. The summed E-state index contributed by atoms with van der Waals surface area (Å²) in [7, 11) is 0. The molecule has 4 nitrogen and oxygen atoms in total. The maximum Gasteiger partial charge on any atom is 0.136 e. The lowest BCUT2D eigenvalue weighted by Gasteiger charge is -2.20. The fraction of sp³-hybridized carbons (Fsp3) is 0.0244. The van der Waals surface area contributed by atoms with Gasteiger partial charge >= 0.3 is 0 Å². The van der Waals surface area contributed by atoms with Crippen LogP contribution in [0.2, 0.25) is 0 Å². The molecular weight excluding hydrogens is 552 g/mol. The zero-order valence-electron chi connectivity index (χ0n) is 24.2. The first kappa shape index (κ1) is 24.4. The summed E-state index contributed by atoms with van der Waals surface area (Å²) in [5.41, 5.74) is 10.6. The van der Waals surface area contributed by atoms with Crippen LogP contribution in [0, 0.1) is 0 Å². The maximum atomic E-state index is 6.30. The average Bonchev–Trinajstić information content (AvgIpc) is 3.79. The lowest BCUT2D eigenvalue weighted by molar-refractivity contribution is 0.427. The van der Waals surface area contributed by atoms with E-state index in [0.717, 1.165) is 55.1 Å². The van der Waals surface area contributed by atoms with Gasteiger partial charge < -0.3 is 19.1 Å². The van der Waals surface area contributed by atoms with Gasteiger partial charge in [0.25, 0.3) is 0 Å². The van der Waals surface area contributed by atoms with Gasteiger partial charge in [0.05, 0.1) is 5.70 Å². The predicted molar refractivity (Wildman–Crippen MR) is 184 cm³/mol. The first-order valence-corrected chi connectivity index (χ1v) is 15.3. The van der Waals surface area contributed by atoms with Gasteiger partial charge in [0.2, 0.25) is 0 Å². The number of hydrogen-bond acceptors (Lipinski definition) is 4. The van der Waals surface area contributed by atoms with Crippen LogP contribution < -0.4 is 5.32 Å². The topological polar surface area (TPSA) is 41.6 Å². The normalized spacial score (nSPS) is 15.9. The van der Waals surface area contributed by atoms with Crippen LogP contribution in [0.15, 0.2) is 155 Å². The summed E-state index contributed by atoms with van der Waals surface area (Å²) >= 11 is 0. The fourth-order valence-electron chi connectivity index (χ4n) is 6.88.